The zero-order valence-corrected chi connectivity index (χ0v) is 11.0. The van der Waals surface area contributed by atoms with Crippen molar-refractivity contribution in [3.05, 3.63) is 17.4 Å². The van der Waals surface area contributed by atoms with Crippen molar-refractivity contribution in [2.45, 2.75) is 39.5 Å². The van der Waals surface area contributed by atoms with E-state index in [9.17, 15) is 4.79 Å². The van der Waals surface area contributed by atoms with Crippen LogP contribution in [0.3, 0.4) is 0 Å². The Morgan fingerprint density at radius 2 is 1.88 bits per heavy atom. The van der Waals surface area contributed by atoms with Crippen LogP contribution in [0.2, 0.25) is 0 Å². The molecule has 0 spiro atoms. The summed E-state index contributed by atoms with van der Waals surface area (Å²) in [6.45, 7) is 3.63. The first-order chi connectivity index (χ1) is 8.13. The van der Waals surface area contributed by atoms with E-state index in [0.717, 1.165) is 12.8 Å². The summed E-state index contributed by atoms with van der Waals surface area (Å²) < 4.78 is 4.53. The normalized spacial score (nSPS) is 8.53. The van der Waals surface area contributed by atoms with Gasteiger partial charge >= 0.3 is 5.97 Å². The van der Waals surface area contributed by atoms with Gasteiger partial charge in [-0.3, -0.25) is 0 Å². The molecule has 0 aliphatic heterocycles. The quantitative estimate of drug-likeness (QED) is 0.324. The van der Waals surface area contributed by atoms with Crippen molar-refractivity contribution in [2.75, 3.05) is 20.3 Å². The van der Waals surface area contributed by atoms with Gasteiger partial charge in [0.2, 0.25) is 0 Å². The highest BCUT2D eigenvalue weighted by Crippen LogP contribution is 2.00. The number of methoxy groups -OCH3 is 1. The number of ether oxygens (including phenoxy) is 1. The highest BCUT2D eigenvalue weighted by molar-refractivity contribution is 5.87. The maximum Gasteiger partial charge on any atom is 0.341 e. The Morgan fingerprint density at radius 3 is 2.29 bits per heavy atom. The van der Waals surface area contributed by atoms with Crippen LogP contribution in [0.25, 0.3) is 0 Å². The summed E-state index contributed by atoms with van der Waals surface area (Å²) in [6.07, 6.45) is 6.50. The van der Waals surface area contributed by atoms with E-state index in [2.05, 4.69) is 17.4 Å². The largest absolute Gasteiger partial charge is 0.465 e. The molecule has 0 aliphatic rings. The van der Waals surface area contributed by atoms with Crippen LogP contribution >= 0.6 is 0 Å². The van der Waals surface area contributed by atoms with Crippen molar-refractivity contribution in [1.82, 2.24) is 0 Å². The van der Waals surface area contributed by atoms with E-state index in [1.165, 1.54) is 20.0 Å². The van der Waals surface area contributed by atoms with Crippen LogP contribution in [0.1, 0.15) is 39.5 Å². The highest BCUT2D eigenvalue weighted by Gasteiger charge is 1.99. The van der Waals surface area contributed by atoms with E-state index < -0.39 is 0 Å². The lowest BCUT2D eigenvalue weighted by Gasteiger charge is -1.93. The standard InChI is InChI=1S/C11H18O2.C2H6O2/c1-4-5-6-7-8-9-10(2)11(12)13-3;3-1-2-4/h8H,4-7H2,1-3H3;3-4H,1-2H2. The first-order valence-electron chi connectivity index (χ1n) is 5.85. The molecular weight excluding hydrogens is 220 g/mol. The minimum absolute atomic E-state index is 0.125. The van der Waals surface area contributed by atoms with Gasteiger partial charge in [0, 0.05) is 0 Å². The van der Waals surface area contributed by atoms with Crippen LogP contribution in [0.5, 0.6) is 0 Å². The molecule has 100 valence electrons. The molecule has 0 unspecified atom stereocenters. The molecule has 0 atom stereocenters. The molecule has 0 amide bonds. The van der Waals surface area contributed by atoms with Gasteiger partial charge in [0.15, 0.2) is 0 Å². The summed E-state index contributed by atoms with van der Waals surface area (Å²) >= 11 is 0. The molecule has 0 fully saturated rings. The summed E-state index contributed by atoms with van der Waals surface area (Å²) in [6, 6.07) is 0. The van der Waals surface area contributed by atoms with E-state index >= 15 is 0 Å². The Kier molecular flexibility index (Phi) is 16.0. The summed E-state index contributed by atoms with van der Waals surface area (Å²) in [7, 11) is 1.38. The molecule has 2 N–H and O–H groups in total. The van der Waals surface area contributed by atoms with Crippen molar-refractivity contribution in [1.29, 1.82) is 0 Å². The Labute approximate surface area is 104 Å². The van der Waals surface area contributed by atoms with E-state index in [0.29, 0.717) is 5.57 Å². The third-order valence-corrected chi connectivity index (χ3v) is 1.86. The Morgan fingerprint density at radius 1 is 1.29 bits per heavy atom. The van der Waals surface area contributed by atoms with Crippen molar-refractivity contribution in [3.63, 3.8) is 0 Å². The lowest BCUT2D eigenvalue weighted by molar-refractivity contribution is -0.136. The average Bonchev–Trinajstić information content (AvgIpc) is 2.37. The summed E-state index contributed by atoms with van der Waals surface area (Å²) in [5.41, 5.74) is 3.45. The fourth-order valence-corrected chi connectivity index (χ4v) is 0.934. The summed E-state index contributed by atoms with van der Waals surface area (Å²) in [5, 5.41) is 15.2. The fraction of sp³-hybridized carbons (Fsp3) is 0.692. The number of hydrogen-bond acceptors (Lipinski definition) is 4. The summed E-state index contributed by atoms with van der Waals surface area (Å²) in [4.78, 5) is 10.9. The van der Waals surface area contributed by atoms with Crippen LogP contribution in [-0.4, -0.2) is 36.5 Å². The van der Waals surface area contributed by atoms with E-state index in [1.54, 1.807) is 6.92 Å². The van der Waals surface area contributed by atoms with Gasteiger partial charge in [0.25, 0.3) is 0 Å². The van der Waals surface area contributed by atoms with Gasteiger partial charge in [-0.15, -0.1) is 5.73 Å². The SMILES string of the molecule is CCCCCC=C=C(C)C(=O)OC.OCCO. The van der Waals surface area contributed by atoms with Crippen molar-refractivity contribution < 1.29 is 19.7 Å². The van der Waals surface area contributed by atoms with E-state index in [1.807, 2.05) is 6.08 Å². The second kappa shape index (κ2) is 14.9. The van der Waals surface area contributed by atoms with Crippen LogP contribution in [0.15, 0.2) is 17.4 Å². The minimum atomic E-state index is -0.299. The van der Waals surface area contributed by atoms with Gasteiger partial charge < -0.3 is 14.9 Å². The molecular formula is C13H24O4. The number of unbranched alkanes of at least 4 members (excludes halogenated alkanes) is 3. The Bertz CT molecular complexity index is 238. The monoisotopic (exact) mass is 244 g/mol. The van der Waals surface area contributed by atoms with Crippen molar-refractivity contribution in [3.8, 4) is 0 Å². The average molecular weight is 244 g/mol. The third-order valence-electron chi connectivity index (χ3n) is 1.86. The molecule has 0 saturated carbocycles. The van der Waals surface area contributed by atoms with Crippen LogP contribution in [0.4, 0.5) is 0 Å². The predicted molar refractivity (Wildman–Crippen MR) is 67.6 cm³/mol. The zero-order chi connectivity index (χ0) is 13.5. The van der Waals surface area contributed by atoms with Gasteiger partial charge in [0.05, 0.1) is 25.9 Å². The lowest BCUT2D eigenvalue weighted by atomic mass is 10.2. The molecule has 0 aliphatic carbocycles. The molecule has 0 aromatic heterocycles. The molecule has 0 bridgehead atoms. The maximum absolute atomic E-state index is 10.9. The number of carbonyl (C=O) groups excluding carboxylic acids is 1. The molecule has 0 radical (unpaired) electrons. The van der Waals surface area contributed by atoms with Gasteiger partial charge in [-0.1, -0.05) is 19.8 Å². The van der Waals surface area contributed by atoms with E-state index in [4.69, 9.17) is 10.2 Å². The number of hydrogen-bond donors (Lipinski definition) is 2. The molecule has 0 aromatic carbocycles. The number of carbonyl (C=O) groups is 1. The predicted octanol–water partition coefficient (Wildman–Crippen LogP) is 1.81. The highest BCUT2D eigenvalue weighted by atomic mass is 16.5. The van der Waals surface area contributed by atoms with Crippen LogP contribution < -0.4 is 0 Å². The molecule has 17 heavy (non-hydrogen) atoms. The fourth-order valence-electron chi connectivity index (χ4n) is 0.934. The molecule has 4 heteroatoms. The number of rotatable bonds is 6. The molecule has 0 rings (SSSR count). The van der Waals surface area contributed by atoms with Gasteiger partial charge in [-0.05, 0) is 25.8 Å². The lowest BCUT2D eigenvalue weighted by Crippen LogP contribution is -1.99. The van der Waals surface area contributed by atoms with E-state index in [-0.39, 0.29) is 19.2 Å². The maximum atomic E-state index is 10.9. The number of esters is 1. The van der Waals surface area contributed by atoms with Crippen molar-refractivity contribution in [2.24, 2.45) is 0 Å². The van der Waals surface area contributed by atoms with Gasteiger partial charge in [-0.25, -0.2) is 4.79 Å². The minimum Gasteiger partial charge on any atom is -0.465 e. The first-order valence-corrected chi connectivity index (χ1v) is 5.85. The summed E-state index contributed by atoms with van der Waals surface area (Å²) in [5.74, 6) is -0.299. The Hall–Kier alpha value is -1.09. The van der Waals surface area contributed by atoms with Gasteiger partial charge in [0.1, 0.15) is 0 Å². The van der Waals surface area contributed by atoms with Crippen LogP contribution in [0, 0.1) is 0 Å². The number of aliphatic hydroxyl groups excluding tert-OH is 2. The van der Waals surface area contributed by atoms with Crippen LogP contribution in [-0.2, 0) is 9.53 Å². The Balaban J connectivity index is 0. The first kappa shape index (κ1) is 18.3. The molecule has 4 nitrogen and oxygen atoms in total. The molecule has 0 saturated heterocycles. The topological polar surface area (TPSA) is 66.8 Å². The third kappa shape index (κ3) is 14.9. The molecule has 0 heterocycles. The smallest absolute Gasteiger partial charge is 0.341 e. The van der Waals surface area contributed by atoms with Gasteiger partial charge in [-0.2, -0.15) is 0 Å². The molecule has 0 aromatic rings. The number of aliphatic hydroxyl groups is 2. The second-order valence-corrected chi connectivity index (χ2v) is 3.41. The second-order valence-electron chi connectivity index (χ2n) is 3.41. The van der Waals surface area contributed by atoms with Crippen molar-refractivity contribution >= 4 is 5.97 Å². The zero-order valence-electron chi connectivity index (χ0n) is 11.0.